The third-order valence-corrected chi connectivity index (χ3v) is 4.63. The van der Waals surface area contributed by atoms with E-state index in [4.69, 9.17) is 0 Å². The monoisotopic (exact) mass is 316 g/mol. The predicted molar refractivity (Wildman–Crippen MR) is 70.7 cm³/mol. The van der Waals surface area contributed by atoms with Crippen LogP contribution in [0, 0.1) is 0 Å². The van der Waals surface area contributed by atoms with Gasteiger partial charge in [0.2, 0.25) is 0 Å². The van der Waals surface area contributed by atoms with Crippen LogP contribution >= 0.6 is 28.4 Å². The van der Waals surface area contributed by atoms with E-state index in [-0.39, 0.29) is 0 Å². The maximum absolute atomic E-state index is 3.38. The molecular formula is C10H10IN2P. The first-order chi connectivity index (χ1) is 6.88. The molecule has 0 saturated heterocycles. The van der Waals surface area contributed by atoms with Gasteiger partial charge >= 0.3 is 0 Å². The molecule has 0 spiro atoms. The molecule has 1 aromatic carbocycles. The second kappa shape index (κ2) is 3.47. The first-order valence-corrected chi connectivity index (χ1v) is 8.67. The van der Waals surface area contributed by atoms with Gasteiger partial charge in [0.05, 0.1) is 12.1 Å². The Kier molecular flexibility index (Phi) is 2.26. The summed E-state index contributed by atoms with van der Waals surface area (Å²) in [4.78, 5) is 0. The smallest absolute Gasteiger partial charge is 0.0612 e. The highest BCUT2D eigenvalue weighted by molar-refractivity contribution is 14.2. The van der Waals surface area contributed by atoms with E-state index in [0.717, 1.165) is 12.9 Å². The Morgan fingerprint density at radius 2 is 2.29 bits per heavy atom. The van der Waals surface area contributed by atoms with Gasteiger partial charge in [-0.25, -0.2) is 5.43 Å². The summed E-state index contributed by atoms with van der Waals surface area (Å²) in [5, 5.41) is 0. The van der Waals surface area contributed by atoms with E-state index in [9.17, 15) is 0 Å². The Bertz CT molecular complexity index is 417. The zero-order valence-corrected chi connectivity index (χ0v) is 10.7. The van der Waals surface area contributed by atoms with Crippen LogP contribution in [0.3, 0.4) is 0 Å². The van der Waals surface area contributed by atoms with Gasteiger partial charge in [-0.1, -0.05) is 12.1 Å². The maximum Gasteiger partial charge on any atom is 0.0612 e. The minimum atomic E-state index is 0.763. The molecule has 1 unspecified atom stereocenters. The first-order valence-electron chi connectivity index (χ1n) is 4.61. The highest BCUT2D eigenvalue weighted by Gasteiger charge is 2.19. The van der Waals surface area contributed by atoms with Crippen molar-refractivity contribution in [3.05, 3.63) is 35.4 Å². The number of nitrogens with zero attached hydrogens (tertiary/aromatic N) is 1. The summed E-state index contributed by atoms with van der Waals surface area (Å²) in [6.45, 7) is 0.979. The highest BCUT2D eigenvalue weighted by atomic mass is 127. The van der Waals surface area contributed by atoms with Gasteiger partial charge in [0, 0.05) is 6.54 Å². The summed E-state index contributed by atoms with van der Waals surface area (Å²) in [7, 11) is 0. The van der Waals surface area contributed by atoms with Gasteiger partial charge in [-0.2, -0.15) is 0 Å². The van der Waals surface area contributed by atoms with Crippen molar-refractivity contribution in [3.8, 4) is 0 Å². The molecule has 1 N–H and O–H groups in total. The largest absolute Gasteiger partial charge is 0.280 e. The van der Waals surface area contributed by atoms with Crippen LogP contribution in [-0.4, -0.2) is 0 Å². The molecule has 4 heteroatoms. The molecule has 0 amide bonds. The minimum absolute atomic E-state index is 0.763. The number of hydrogen-bond acceptors (Lipinski definition) is 2. The van der Waals surface area contributed by atoms with Gasteiger partial charge in [-0.3, -0.25) is 4.78 Å². The quantitative estimate of drug-likeness (QED) is 0.666. The molecule has 3 rings (SSSR count). The summed E-state index contributed by atoms with van der Waals surface area (Å²) < 4.78 is 2.22. The molecule has 14 heavy (non-hydrogen) atoms. The molecule has 2 nitrogen and oxygen atoms in total. The van der Waals surface area contributed by atoms with Gasteiger partial charge in [0.1, 0.15) is 0 Å². The summed E-state index contributed by atoms with van der Waals surface area (Å²) in [6.07, 6.45) is 4.23. The van der Waals surface area contributed by atoms with Crippen LogP contribution in [0.4, 0.5) is 5.69 Å². The highest BCUT2D eigenvalue weighted by Crippen LogP contribution is 2.40. The van der Waals surface area contributed by atoms with Crippen molar-refractivity contribution in [2.75, 3.05) is 4.78 Å². The van der Waals surface area contributed by atoms with Crippen molar-refractivity contribution >= 4 is 39.7 Å². The van der Waals surface area contributed by atoms with Crippen molar-refractivity contribution in [3.63, 3.8) is 0 Å². The Labute approximate surface area is 98.0 Å². The number of benzene rings is 1. The standard InChI is InChI=1S/C10H10IN2P/c11-14-13-10-4-3-8(7-1-2-7)5-9(10)6-12-13/h1,3-5,12,14H,2,6H2. The molecule has 1 aromatic rings. The Hall–Kier alpha value is -0.120. The summed E-state index contributed by atoms with van der Waals surface area (Å²) >= 11 is 2.40. The fourth-order valence-electron chi connectivity index (χ4n) is 1.76. The van der Waals surface area contributed by atoms with Crippen molar-refractivity contribution in [1.82, 2.24) is 5.43 Å². The van der Waals surface area contributed by atoms with E-state index in [1.165, 1.54) is 28.8 Å². The van der Waals surface area contributed by atoms with Crippen molar-refractivity contribution in [1.29, 1.82) is 0 Å². The first kappa shape index (κ1) is 9.13. The van der Waals surface area contributed by atoms with Gasteiger partial charge in [0.15, 0.2) is 0 Å². The molecule has 0 aromatic heterocycles. The van der Waals surface area contributed by atoms with Crippen molar-refractivity contribution in [2.24, 2.45) is 0 Å². The van der Waals surface area contributed by atoms with E-state index >= 15 is 0 Å². The summed E-state index contributed by atoms with van der Waals surface area (Å²) in [5.41, 5.74) is 9.07. The number of anilines is 1. The van der Waals surface area contributed by atoms with Crippen LogP contribution in [0.2, 0.25) is 0 Å². The van der Waals surface area contributed by atoms with Crippen LogP contribution in [0.1, 0.15) is 17.5 Å². The average Bonchev–Trinajstić information content (AvgIpc) is 2.98. The Morgan fingerprint density at radius 1 is 1.43 bits per heavy atom. The topological polar surface area (TPSA) is 15.3 Å². The van der Waals surface area contributed by atoms with Crippen LogP contribution in [-0.2, 0) is 6.54 Å². The third kappa shape index (κ3) is 1.47. The van der Waals surface area contributed by atoms with Gasteiger partial charge in [0.25, 0.3) is 0 Å². The molecule has 1 aliphatic heterocycles. The molecule has 1 heterocycles. The van der Waals surface area contributed by atoms with Crippen LogP contribution in [0.25, 0.3) is 5.57 Å². The number of hydrazine groups is 1. The fraction of sp³-hybridized carbons (Fsp3) is 0.200. The molecule has 0 radical (unpaired) electrons. The van der Waals surface area contributed by atoms with Gasteiger partial charge in [-0.05, 0) is 57.3 Å². The zero-order chi connectivity index (χ0) is 9.54. The van der Waals surface area contributed by atoms with Crippen LogP contribution in [0.5, 0.6) is 0 Å². The lowest BCUT2D eigenvalue weighted by Crippen LogP contribution is -2.21. The molecular weight excluding hydrogens is 306 g/mol. The lowest BCUT2D eigenvalue weighted by molar-refractivity contribution is 0.807. The molecule has 1 aliphatic carbocycles. The molecule has 0 bridgehead atoms. The average molecular weight is 316 g/mol. The fourth-order valence-corrected chi connectivity index (χ4v) is 3.50. The molecule has 0 fully saturated rings. The van der Waals surface area contributed by atoms with E-state index in [2.05, 4.69) is 56.5 Å². The van der Waals surface area contributed by atoms with E-state index < -0.39 is 0 Å². The number of allylic oxidation sites excluding steroid dienone is 2. The summed E-state index contributed by atoms with van der Waals surface area (Å²) in [5.74, 6) is 0. The summed E-state index contributed by atoms with van der Waals surface area (Å²) in [6, 6.07) is 6.78. The molecule has 1 atom stereocenters. The Morgan fingerprint density at radius 3 is 3.00 bits per heavy atom. The van der Waals surface area contributed by atoms with Crippen LogP contribution < -0.4 is 10.2 Å². The van der Waals surface area contributed by atoms with Crippen molar-refractivity contribution < 1.29 is 0 Å². The minimum Gasteiger partial charge on any atom is -0.280 e. The number of rotatable bonds is 2. The molecule has 0 saturated carbocycles. The van der Waals surface area contributed by atoms with Crippen LogP contribution in [0.15, 0.2) is 24.3 Å². The number of hydrogen-bond donors (Lipinski definition) is 1. The third-order valence-electron chi connectivity index (χ3n) is 2.61. The SMILES string of the molecule is IPN1NCc2cc(C3=CC3)ccc21. The zero-order valence-electron chi connectivity index (χ0n) is 7.55. The van der Waals surface area contributed by atoms with E-state index in [1.807, 2.05) is 0 Å². The predicted octanol–water partition coefficient (Wildman–Crippen LogP) is 3.24. The van der Waals surface area contributed by atoms with E-state index in [1.54, 1.807) is 0 Å². The molecule has 72 valence electrons. The second-order valence-electron chi connectivity index (χ2n) is 3.53. The van der Waals surface area contributed by atoms with Gasteiger partial charge < -0.3 is 0 Å². The second-order valence-corrected chi connectivity index (χ2v) is 5.60. The number of halogens is 1. The van der Waals surface area contributed by atoms with E-state index in [0.29, 0.717) is 0 Å². The lowest BCUT2D eigenvalue weighted by Gasteiger charge is -2.14. The van der Waals surface area contributed by atoms with Crippen molar-refractivity contribution in [2.45, 2.75) is 13.0 Å². The maximum atomic E-state index is 3.38. The number of nitrogens with one attached hydrogen (secondary N) is 1. The van der Waals surface area contributed by atoms with Gasteiger partial charge in [-0.15, -0.1) is 0 Å². The lowest BCUT2D eigenvalue weighted by atomic mass is 10.1. The number of fused-ring (bicyclic) bond motifs is 1. The Balaban J connectivity index is 2.00. The normalized spacial score (nSPS) is 18.9. The molecule has 2 aliphatic rings.